The number of methoxy groups -OCH3 is 1. The first-order valence-corrected chi connectivity index (χ1v) is 4.96. The third-order valence-corrected chi connectivity index (χ3v) is 2.56. The molecule has 2 aromatic heterocycles. The van der Waals surface area contributed by atoms with Crippen molar-refractivity contribution in [3.05, 3.63) is 23.7 Å². The van der Waals surface area contributed by atoms with Crippen molar-refractivity contribution in [3.63, 3.8) is 0 Å². The molecule has 2 heterocycles. The SMILES string of the molecule is COc1c(Cn2ccnc2N)c(C)nn1C. The average Bonchev–Trinajstić information content (AvgIpc) is 2.74. The van der Waals surface area contributed by atoms with E-state index < -0.39 is 0 Å². The lowest BCUT2D eigenvalue weighted by Crippen LogP contribution is -2.05. The van der Waals surface area contributed by atoms with E-state index in [0.717, 1.165) is 17.1 Å². The zero-order chi connectivity index (χ0) is 11.7. The van der Waals surface area contributed by atoms with E-state index >= 15 is 0 Å². The molecule has 0 spiro atoms. The van der Waals surface area contributed by atoms with E-state index in [4.69, 9.17) is 10.5 Å². The fourth-order valence-corrected chi connectivity index (χ4v) is 1.76. The van der Waals surface area contributed by atoms with Gasteiger partial charge >= 0.3 is 0 Å². The molecule has 0 aliphatic heterocycles. The first-order valence-electron chi connectivity index (χ1n) is 4.96. The Morgan fingerprint density at radius 1 is 1.50 bits per heavy atom. The molecule has 6 heteroatoms. The second kappa shape index (κ2) is 3.88. The van der Waals surface area contributed by atoms with Gasteiger partial charge in [-0.15, -0.1) is 0 Å². The molecule has 0 bridgehead atoms. The van der Waals surface area contributed by atoms with Crippen LogP contribution < -0.4 is 10.5 Å². The van der Waals surface area contributed by atoms with Crippen molar-refractivity contribution < 1.29 is 4.74 Å². The van der Waals surface area contributed by atoms with Crippen molar-refractivity contribution in [1.29, 1.82) is 0 Å². The summed E-state index contributed by atoms with van der Waals surface area (Å²) < 4.78 is 8.89. The van der Waals surface area contributed by atoms with Crippen LogP contribution in [0.25, 0.3) is 0 Å². The topological polar surface area (TPSA) is 70.9 Å². The highest BCUT2D eigenvalue weighted by molar-refractivity contribution is 5.32. The number of nitrogens with two attached hydrogens (primary N) is 1. The maximum absolute atomic E-state index is 5.72. The molecule has 0 saturated heterocycles. The number of imidazole rings is 1. The highest BCUT2D eigenvalue weighted by atomic mass is 16.5. The largest absolute Gasteiger partial charge is 0.481 e. The summed E-state index contributed by atoms with van der Waals surface area (Å²) in [5, 5.41) is 4.31. The van der Waals surface area contributed by atoms with E-state index in [1.807, 2.05) is 24.7 Å². The predicted molar refractivity (Wildman–Crippen MR) is 60.2 cm³/mol. The van der Waals surface area contributed by atoms with E-state index in [1.165, 1.54) is 0 Å². The Morgan fingerprint density at radius 2 is 2.25 bits per heavy atom. The molecule has 0 fully saturated rings. The summed E-state index contributed by atoms with van der Waals surface area (Å²) in [6.45, 7) is 2.57. The van der Waals surface area contributed by atoms with Gasteiger partial charge in [0.15, 0.2) is 5.95 Å². The van der Waals surface area contributed by atoms with Crippen LogP contribution in [0.2, 0.25) is 0 Å². The Morgan fingerprint density at radius 3 is 2.81 bits per heavy atom. The number of aryl methyl sites for hydroxylation is 2. The van der Waals surface area contributed by atoms with Gasteiger partial charge < -0.3 is 15.0 Å². The summed E-state index contributed by atoms with van der Waals surface area (Å²) in [6.07, 6.45) is 3.51. The Labute approximate surface area is 93.6 Å². The maximum Gasteiger partial charge on any atom is 0.216 e. The standard InChI is InChI=1S/C10H15N5O/c1-7-8(9(16-3)14(2)13-7)6-15-5-4-12-10(15)11/h4-5H,6H2,1-3H3,(H2,11,12). The molecule has 0 amide bonds. The molecule has 16 heavy (non-hydrogen) atoms. The van der Waals surface area contributed by atoms with Crippen molar-refractivity contribution in [3.8, 4) is 5.88 Å². The second-order valence-corrected chi connectivity index (χ2v) is 3.61. The zero-order valence-corrected chi connectivity index (χ0v) is 9.64. The van der Waals surface area contributed by atoms with Crippen molar-refractivity contribution >= 4 is 5.95 Å². The molecular formula is C10H15N5O. The summed E-state index contributed by atoms with van der Waals surface area (Å²) in [7, 11) is 3.49. The maximum atomic E-state index is 5.72. The summed E-state index contributed by atoms with van der Waals surface area (Å²) >= 11 is 0. The van der Waals surface area contributed by atoms with E-state index in [1.54, 1.807) is 18.0 Å². The van der Waals surface area contributed by atoms with E-state index in [-0.39, 0.29) is 0 Å². The van der Waals surface area contributed by atoms with Crippen LogP contribution in [0.1, 0.15) is 11.3 Å². The third kappa shape index (κ3) is 1.62. The van der Waals surface area contributed by atoms with E-state index in [9.17, 15) is 0 Å². The lowest BCUT2D eigenvalue weighted by molar-refractivity contribution is 0.368. The van der Waals surface area contributed by atoms with Crippen LogP contribution >= 0.6 is 0 Å². The monoisotopic (exact) mass is 221 g/mol. The number of hydrogen-bond donors (Lipinski definition) is 1. The molecular weight excluding hydrogens is 206 g/mol. The van der Waals surface area contributed by atoms with E-state index in [0.29, 0.717) is 12.5 Å². The molecule has 0 saturated carbocycles. The Hall–Kier alpha value is -1.98. The fraction of sp³-hybridized carbons (Fsp3) is 0.400. The Balaban J connectivity index is 2.38. The van der Waals surface area contributed by atoms with Crippen molar-refractivity contribution in [2.75, 3.05) is 12.8 Å². The fourth-order valence-electron chi connectivity index (χ4n) is 1.76. The van der Waals surface area contributed by atoms with Crippen LogP contribution in [0.3, 0.4) is 0 Å². The molecule has 0 aliphatic carbocycles. The lowest BCUT2D eigenvalue weighted by atomic mass is 10.2. The van der Waals surface area contributed by atoms with E-state index in [2.05, 4.69) is 10.1 Å². The molecule has 0 unspecified atom stereocenters. The number of nitrogen functional groups attached to an aromatic ring is 1. The average molecular weight is 221 g/mol. The molecule has 2 N–H and O–H groups in total. The Bertz CT molecular complexity index is 499. The molecule has 2 rings (SSSR count). The predicted octanol–water partition coefficient (Wildman–Crippen LogP) is 0.564. The smallest absolute Gasteiger partial charge is 0.216 e. The third-order valence-electron chi connectivity index (χ3n) is 2.56. The van der Waals surface area contributed by atoms with Crippen LogP contribution in [0.15, 0.2) is 12.4 Å². The van der Waals surface area contributed by atoms with Gasteiger partial charge in [0.25, 0.3) is 0 Å². The molecule has 0 radical (unpaired) electrons. The van der Waals surface area contributed by atoms with Gasteiger partial charge in [0.05, 0.1) is 24.9 Å². The van der Waals surface area contributed by atoms with Gasteiger partial charge in [0, 0.05) is 19.4 Å². The number of hydrogen-bond acceptors (Lipinski definition) is 4. The minimum atomic E-state index is 0.491. The van der Waals surface area contributed by atoms with Crippen molar-refractivity contribution in [2.24, 2.45) is 7.05 Å². The van der Waals surface area contributed by atoms with Crippen LogP contribution in [-0.2, 0) is 13.6 Å². The van der Waals surface area contributed by atoms with Gasteiger partial charge in [-0.05, 0) is 6.92 Å². The van der Waals surface area contributed by atoms with Crippen LogP contribution in [-0.4, -0.2) is 26.4 Å². The number of nitrogens with zero attached hydrogens (tertiary/aromatic N) is 4. The number of anilines is 1. The number of ether oxygens (including phenoxy) is 1. The highest BCUT2D eigenvalue weighted by Gasteiger charge is 2.14. The summed E-state index contributed by atoms with van der Waals surface area (Å²) in [4.78, 5) is 3.98. The Kier molecular flexibility index (Phi) is 2.55. The minimum absolute atomic E-state index is 0.491. The molecule has 0 aromatic carbocycles. The minimum Gasteiger partial charge on any atom is -0.481 e. The molecule has 2 aromatic rings. The van der Waals surface area contributed by atoms with Crippen molar-refractivity contribution in [2.45, 2.75) is 13.5 Å². The van der Waals surface area contributed by atoms with Gasteiger partial charge in [0.2, 0.25) is 5.88 Å². The first-order chi connectivity index (χ1) is 7.63. The summed E-state index contributed by atoms with van der Waals surface area (Å²) in [5.74, 6) is 1.25. The quantitative estimate of drug-likeness (QED) is 0.822. The van der Waals surface area contributed by atoms with Gasteiger partial charge in [-0.2, -0.15) is 5.10 Å². The van der Waals surface area contributed by atoms with Gasteiger partial charge in [-0.25, -0.2) is 9.67 Å². The zero-order valence-electron chi connectivity index (χ0n) is 9.64. The van der Waals surface area contributed by atoms with Crippen molar-refractivity contribution in [1.82, 2.24) is 19.3 Å². The second-order valence-electron chi connectivity index (χ2n) is 3.61. The van der Waals surface area contributed by atoms with Crippen LogP contribution in [0, 0.1) is 6.92 Å². The first kappa shape index (κ1) is 10.5. The van der Waals surface area contributed by atoms with Gasteiger partial charge in [-0.3, -0.25) is 0 Å². The number of rotatable bonds is 3. The van der Waals surface area contributed by atoms with Crippen LogP contribution in [0.5, 0.6) is 5.88 Å². The van der Waals surface area contributed by atoms with Crippen LogP contribution in [0.4, 0.5) is 5.95 Å². The molecule has 86 valence electrons. The molecule has 6 nitrogen and oxygen atoms in total. The summed E-state index contributed by atoms with van der Waals surface area (Å²) in [6, 6.07) is 0. The van der Waals surface area contributed by atoms with Gasteiger partial charge in [-0.1, -0.05) is 0 Å². The summed E-state index contributed by atoms with van der Waals surface area (Å²) in [5.41, 5.74) is 7.68. The molecule has 0 aliphatic rings. The molecule has 0 atom stereocenters. The highest BCUT2D eigenvalue weighted by Crippen LogP contribution is 2.22. The lowest BCUT2D eigenvalue weighted by Gasteiger charge is -2.06. The number of aromatic nitrogens is 4. The van der Waals surface area contributed by atoms with Gasteiger partial charge in [0.1, 0.15) is 0 Å². The normalized spacial score (nSPS) is 10.7.